The summed E-state index contributed by atoms with van der Waals surface area (Å²) in [5.41, 5.74) is -0.307. The van der Waals surface area contributed by atoms with E-state index < -0.39 is 46.6 Å². The fourth-order valence-corrected chi connectivity index (χ4v) is 5.75. The molecule has 0 fully saturated rings. The number of ether oxygens (including phenoxy) is 2. The number of carbonyl (C=O) groups is 3. The minimum atomic E-state index is -1.75. The van der Waals surface area contributed by atoms with Crippen molar-refractivity contribution in [2.75, 3.05) is 13.2 Å². The number of carbonyl (C=O) groups excluding carboxylic acids is 3. The van der Waals surface area contributed by atoms with Crippen LogP contribution in [0, 0.1) is 30.7 Å². The second kappa shape index (κ2) is 23.5. The summed E-state index contributed by atoms with van der Waals surface area (Å²) >= 11 is 24.0. The van der Waals surface area contributed by atoms with E-state index >= 15 is 0 Å². The zero-order chi connectivity index (χ0) is 38.0. The van der Waals surface area contributed by atoms with Gasteiger partial charge in [0.15, 0.2) is 5.60 Å². The van der Waals surface area contributed by atoms with Gasteiger partial charge in [-0.25, -0.2) is 37.1 Å². The number of nitrogens with zero attached hydrogens (tertiary/aromatic N) is 2. The third-order valence-corrected chi connectivity index (χ3v) is 8.22. The number of hydrogen-bond acceptors (Lipinski definition) is 8. The quantitative estimate of drug-likeness (QED) is 0.0457. The number of ketones is 1. The fourth-order valence-electron chi connectivity index (χ4n) is 4.70. The second-order valence-corrected chi connectivity index (χ2v) is 12.4. The molecular formula is C36H33BrCl4F4MgN2O6. The number of aliphatic hydroxyl groups is 1. The summed E-state index contributed by atoms with van der Waals surface area (Å²) in [5, 5.41) is 10.3. The van der Waals surface area contributed by atoms with Crippen LogP contribution >= 0.6 is 46.4 Å². The van der Waals surface area contributed by atoms with Gasteiger partial charge >= 0.3 is 35.0 Å². The van der Waals surface area contributed by atoms with Crippen molar-refractivity contribution in [3.8, 4) is 22.3 Å². The van der Waals surface area contributed by atoms with Crippen LogP contribution in [0.3, 0.4) is 0 Å². The molecule has 1 unspecified atom stereocenters. The van der Waals surface area contributed by atoms with Gasteiger partial charge < -0.3 is 39.0 Å². The third-order valence-electron chi connectivity index (χ3n) is 7.21. The van der Waals surface area contributed by atoms with E-state index in [2.05, 4.69) is 14.7 Å². The molecule has 0 radical (unpaired) electrons. The molecule has 8 nitrogen and oxygen atoms in total. The molecule has 0 saturated carbocycles. The number of aromatic nitrogens is 2. The van der Waals surface area contributed by atoms with E-state index in [4.69, 9.17) is 51.1 Å². The van der Waals surface area contributed by atoms with Crippen molar-refractivity contribution in [2.45, 2.75) is 52.1 Å². The molecule has 0 aliphatic rings. The Morgan fingerprint density at radius 3 is 1.56 bits per heavy atom. The van der Waals surface area contributed by atoms with Crippen molar-refractivity contribution in [2.24, 2.45) is 0 Å². The first-order chi connectivity index (χ1) is 24.0. The van der Waals surface area contributed by atoms with Gasteiger partial charge in [0.1, 0.15) is 43.9 Å². The number of Topliss-reactive ketones (excluding diaryl/α,β-unsaturated/α-hetero) is 1. The molecule has 1 N–H and O–H groups in total. The topological polar surface area (TPSA) is 116 Å². The molecule has 0 amide bonds. The molecule has 54 heavy (non-hydrogen) atoms. The first-order valence-corrected chi connectivity index (χ1v) is 16.7. The minimum Gasteiger partial charge on any atom is -1.00 e. The molecule has 0 aliphatic heterocycles. The van der Waals surface area contributed by atoms with Crippen LogP contribution in [0.2, 0.25) is 20.6 Å². The van der Waals surface area contributed by atoms with Gasteiger partial charge in [0.25, 0.3) is 0 Å². The molecule has 0 saturated heterocycles. The Bertz CT molecular complexity index is 1940. The van der Waals surface area contributed by atoms with Crippen molar-refractivity contribution in [1.82, 2.24) is 9.97 Å². The molecule has 2 aromatic heterocycles. The number of benzene rings is 2. The monoisotopic (exact) mass is 908 g/mol. The van der Waals surface area contributed by atoms with Crippen molar-refractivity contribution in [3.63, 3.8) is 0 Å². The Balaban J connectivity index is 0.000000986. The number of pyridine rings is 2. The Morgan fingerprint density at radius 1 is 0.722 bits per heavy atom. The first-order valence-electron chi connectivity index (χ1n) is 15.2. The molecule has 1 atom stereocenters. The first kappa shape index (κ1) is 51.4. The fraction of sp³-hybridized carbons (Fsp3) is 0.278. The number of hydrogen-bond donors (Lipinski definition) is 1. The van der Waals surface area contributed by atoms with Gasteiger partial charge in [0.05, 0.1) is 13.2 Å². The maximum Gasteiger partial charge on any atom is 2.00 e. The van der Waals surface area contributed by atoms with Crippen molar-refractivity contribution in [3.05, 3.63) is 111 Å². The van der Waals surface area contributed by atoms with Crippen LogP contribution < -0.4 is 17.0 Å². The zero-order valence-electron chi connectivity index (χ0n) is 29.4. The summed E-state index contributed by atoms with van der Waals surface area (Å²) < 4.78 is 64.1. The van der Waals surface area contributed by atoms with E-state index in [0.29, 0.717) is 16.7 Å². The van der Waals surface area contributed by atoms with Crippen LogP contribution in [-0.2, 0) is 36.7 Å². The summed E-state index contributed by atoms with van der Waals surface area (Å²) in [6.45, 7) is 4.74. The van der Waals surface area contributed by atoms with Gasteiger partial charge in [-0.2, -0.15) is 0 Å². The summed E-state index contributed by atoms with van der Waals surface area (Å²) in [5.74, 6) is -5.50. The molecule has 0 bridgehead atoms. The zero-order valence-corrected chi connectivity index (χ0v) is 35.4. The standard InChI is InChI=1S/C18H17Cl2F2NO3.C17H13Cl2F2NO3.CH3.BrH.Mg/c1-3-26-17(24)18(2,25)7-6-12-13(9-15(19)23-16(12)20)11-5-4-10(21)8-14(11)22;1-2-25-17(24)14(23)6-5-11-12(8-15(18)22-16(11)19)10-4-3-9(20)7-13(10)21;;;/h4-5,8-9,25H,3,6-7H2,1-2H3;3-4,7-8H,2,5-6H2,1H3;1H3;1H;/q;;-1;;+2/p-1. The van der Waals surface area contributed by atoms with Gasteiger partial charge in [0.2, 0.25) is 5.78 Å². The summed E-state index contributed by atoms with van der Waals surface area (Å²) in [4.78, 5) is 42.8. The predicted octanol–water partition coefficient (Wildman–Crippen LogP) is 6.05. The Labute approximate surface area is 356 Å². The molecule has 2 aromatic carbocycles. The van der Waals surface area contributed by atoms with Crippen molar-refractivity contribution >= 4 is 87.2 Å². The molecular weight excluding hydrogens is 878 g/mol. The third kappa shape index (κ3) is 14.2. The summed E-state index contributed by atoms with van der Waals surface area (Å²) in [6, 6.07) is 8.95. The molecule has 2 heterocycles. The Morgan fingerprint density at radius 2 is 1.15 bits per heavy atom. The van der Waals surface area contributed by atoms with E-state index in [1.807, 2.05) is 0 Å². The van der Waals surface area contributed by atoms with E-state index in [1.54, 1.807) is 13.8 Å². The Hall–Kier alpha value is -2.56. The average Bonchev–Trinajstić information content (AvgIpc) is 3.04. The number of esters is 2. The summed E-state index contributed by atoms with van der Waals surface area (Å²) in [6.07, 6.45) is -0.115. The van der Waals surface area contributed by atoms with Crippen LogP contribution in [0.1, 0.15) is 44.7 Å². The van der Waals surface area contributed by atoms with Gasteiger partial charge in [0, 0.05) is 29.7 Å². The van der Waals surface area contributed by atoms with Crippen LogP contribution in [0.5, 0.6) is 0 Å². The normalized spacial score (nSPS) is 11.3. The van der Waals surface area contributed by atoms with E-state index in [-0.39, 0.29) is 124 Å². The predicted molar refractivity (Wildman–Crippen MR) is 197 cm³/mol. The maximum atomic E-state index is 14.2. The molecule has 18 heteroatoms. The molecule has 0 spiro atoms. The molecule has 4 rings (SSSR count). The molecule has 288 valence electrons. The Kier molecular flexibility index (Phi) is 22.4. The van der Waals surface area contributed by atoms with E-state index in [0.717, 1.165) is 24.3 Å². The van der Waals surface area contributed by atoms with Crippen molar-refractivity contribution in [1.29, 1.82) is 0 Å². The van der Waals surface area contributed by atoms with Gasteiger partial charge in [-0.1, -0.05) is 46.4 Å². The second-order valence-electron chi connectivity index (χ2n) is 10.9. The largest absolute Gasteiger partial charge is 2.00 e. The van der Waals surface area contributed by atoms with Crippen LogP contribution in [-0.4, -0.2) is 74.7 Å². The van der Waals surface area contributed by atoms with Crippen LogP contribution in [0.4, 0.5) is 17.6 Å². The molecule has 4 aromatic rings. The van der Waals surface area contributed by atoms with Gasteiger partial charge in [-0.05, 0) is 98.7 Å². The van der Waals surface area contributed by atoms with Gasteiger partial charge in [-0.15, -0.1) is 0 Å². The van der Waals surface area contributed by atoms with Crippen LogP contribution in [0.15, 0.2) is 48.5 Å². The SMILES string of the molecule is CCOC(=O)C(=O)CCc1c(-c2ccc(F)cc2F)cc(Cl)nc1Cl.CCOC(=O)C(C)(O)CCc1c(-c2ccc(F)cc2F)cc(Cl)nc1Cl.[Br-].[CH3-].[Mg+2]. The van der Waals surface area contributed by atoms with Crippen LogP contribution in [0.25, 0.3) is 22.3 Å². The smallest absolute Gasteiger partial charge is 1.00 e. The average molecular weight is 912 g/mol. The van der Waals surface area contributed by atoms with E-state index in [1.165, 1.54) is 31.2 Å². The number of rotatable bonds is 12. The van der Waals surface area contributed by atoms with Crippen molar-refractivity contribution < 1.29 is 63.5 Å². The molecule has 0 aliphatic carbocycles. The van der Waals surface area contributed by atoms with E-state index in [9.17, 15) is 37.1 Å². The minimum absolute atomic E-state index is 0. The summed E-state index contributed by atoms with van der Waals surface area (Å²) in [7, 11) is 0. The number of halogens is 9. The van der Waals surface area contributed by atoms with Gasteiger partial charge in [-0.3, -0.25) is 4.79 Å². The maximum absolute atomic E-state index is 14.2.